The number of benzene rings is 4. The zero-order valence-electron chi connectivity index (χ0n) is 17.4. The zero-order valence-corrected chi connectivity index (χ0v) is 17.4. The van der Waals surface area contributed by atoms with E-state index in [4.69, 9.17) is 8.83 Å². The number of carbonyl (C=O) groups excluding carboxylic acids is 2. The van der Waals surface area contributed by atoms with Crippen LogP contribution in [0, 0.1) is 0 Å². The van der Waals surface area contributed by atoms with Crippen LogP contribution in [0.2, 0.25) is 0 Å². The number of carbonyl (C=O) groups is 2. The highest BCUT2D eigenvalue weighted by atomic mass is 16.3. The Morgan fingerprint density at radius 2 is 0.970 bits per heavy atom. The summed E-state index contributed by atoms with van der Waals surface area (Å²) < 4.78 is 11.7. The topological polar surface area (TPSA) is 84.5 Å². The summed E-state index contributed by atoms with van der Waals surface area (Å²) in [6.45, 7) is 0. The van der Waals surface area contributed by atoms with Crippen LogP contribution >= 0.6 is 0 Å². The van der Waals surface area contributed by atoms with E-state index in [0.29, 0.717) is 22.5 Å². The third-order valence-electron chi connectivity index (χ3n) is 5.65. The summed E-state index contributed by atoms with van der Waals surface area (Å²) >= 11 is 0. The number of rotatable bonds is 4. The van der Waals surface area contributed by atoms with Crippen molar-refractivity contribution in [1.29, 1.82) is 0 Å². The average molecular weight is 434 g/mol. The van der Waals surface area contributed by atoms with Gasteiger partial charge in [0.25, 0.3) is 0 Å². The molecule has 0 unspecified atom stereocenters. The molecule has 33 heavy (non-hydrogen) atoms. The average Bonchev–Trinajstić information content (AvgIpc) is 3.36. The van der Waals surface area contributed by atoms with Crippen LogP contribution in [0.1, 0.15) is 6.42 Å². The maximum Gasteiger partial charge on any atom is 0.233 e. The number of hydrogen-bond acceptors (Lipinski definition) is 4. The van der Waals surface area contributed by atoms with Gasteiger partial charge in [-0.1, -0.05) is 36.4 Å². The van der Waals surface area contributed by atoms with Gasteiger partial charge in [-0.15, -0.1) is 0 Å². The highest BCUT2D eigenvalue weighted by Crippen LogP contribution is 2.31. The van der Waals surface area contributed by atoms with E-state index in [1.54, 1.807) is 24.3 Å². The van der Waals surface area contributed by atoms with E-state index in [-0.39, 0.29) is 6.42 Å². The van der Waals surface area contributed by atoms with E-state index >= 15 is 0 Å². The first-order chi connectivity index (χ1) is 16.1. The minimum atomic E-state index is -0.409. The second-order valence-corrected chi connectivity index (χ2v) is 7.89. The molecule has 0 saturated heterocycles. The molecule has 6 aromatic rings. The number of amides is 2. The van der Waals surface area contributed by atoms with Crippen LogP contribution in [0.15, 0.2) is 93.8 Å². The summed E-state index contributed by atoms with van der Waals surface area (Å²) in [7, 11) is 0. The van der Waals surface area contributed by atoms with Crippen molar-refractivity contribution in [3.63, 3.8) is 0 Å². The molecule has 160 valence electrons. The Kier molecular flexibility index (Phi) is 4.36. The SMILES string of the molecule is O=C(CC(=O)Nc1ccc2c(c1)oc1ccccc12)Nc1ccc2c(c1)oc1ccccc12. The summed E-state index contributed by atoms with van der Waals surface area (Å²) in [5.74, 6) is -0.819. The van der Waals surface area contributed by atoms with E-state index in [1.165, 1.54) is 0 Å². The first kappa shape index (κ1) is 19.1. The lowest BCUT2D eigenvalue weighted by Gasteiger charge is -2.07. The number of nitrogens with one attached hydrogen (secondary N) is 2. The quantitative estimate of drug-likeness (QED) is 0.312. The van der Waals surface area contributed by atoms with Crippen LogP contribution in [0.25, 0.3) is 43.9 Å². The summed E-state index contributed by atoms with van der Waals surface area (Å²) in [6.07, 6.45) is -0.309. The lowest BCUT2D eigenvalue weighted by atomic mass is 10.1. The maximum absolute atomic E-state index is 12.4. The highest BCUT2D eigenvalue weighted by molar-refractivity contribution is 6.11. The molecule has 2 amide bonds. The Morgan fingerprint density at radius 1 is 0.545 bits per heavy atom. The van der Waals surface area contributed by atoms with Gasteiger partial charge in [0.15, 0.2) is 0 Å². The monoisotopic (exact) mass is 434 g/mol. The number of anilines is 2. The third kappa shape index (κ3) is 3.47. The van der Waals surface area contributed by atoms with Gasteiger partial charge >= 0.3 is 0 Å². The third-order valence-corrected chi connectivity index (χ3v) is 5.65. The Labute approximate surface area is 187 Å². The van der Waals surface area contributed by atoms with Crippen molar-refractivity contribution in [2.24, 2.45) is 0 Å². The molecule has 2 heterocycles. The molecule has 0 bridgehead atoms. The molecular weight excluding hydrogens is 416 g/mol. The Hall–Kier alpha value is -4.58. The first-order valence-electron chi connectivity index (χ1n) is 10.6. The van der Waals surface area contributed by atoms with Crippen molar-refractivity contribution in [3.05, 3.63) is 84.9 Å². The van der Waals surface area contributed by atoms with Crippen LogP contribution in [0.4, 0.5) is 11.4 Å². The van der Waals surface area contributed by atoms with E-state index in [2.05, 4.69) is 10.6 Å². The standard InChI is InChI=1S/C27H18N2O4/c30-26(28-16-9-11-20-18-5-1-3-7-22(18)32-24(20)13-16)15-27(31)29-17-10-12-21-19-6-2-4-8-23(19)33-25(21)14-17/h1-14H,15H2,(H,28,30)(H,29,31). The number of fused-ring (bicyclic) bond motifs is 6. The van der Waals surface area contributed by atoms with Gasteiger partial charge in [0.05, 0.1) is 0 Å². The van der Waals surface area contributed by atoms with Gasteiger partial charge in [-0.05, 0) is 36.4 Å². The fourth-order valence-electron chi connectivity index (χ4n) is 4.16. The van der Waals surface area contributed by atoms with Gasteiger partial charge in [0.1, 0.15) is 28.8 Å². The molecule has 0 aliphatic rings. The Bertz CT molecular complexity index is 1570. The Balaban J connectivity index is 1.15. The molecule has 0 radical (unpaired) electrons. The minimum absolute atomic E-state index is 0.309. The van der Waals surface area contributed by atoms with Crippen molar-refractivity contribution in [2.75, 3.05) is 10.6 Å². The summed E-state index contributed by atoms with van der Waals surface area (Å²) in [5.41, 5.74) is 4.08. The lowest BCUT2D eigenvalue weighted by molar-refractivity contribution is -0.123. The van der Waals surface area contributed by atoms with E-state index in [1.807, 2.05) is 60.7 Å². The lowest BCUT2D eigenvalue weighted by Crippen LogP contribution is -2.21. The van der Waals surface area contributed by atoms with Crippen LogP contribution in [-0.2, 0) is 9.59 Å². The van der Waals surface area contributed by atoms with Gasteiger partial charge < -0.3 is 19.5 Å². The van der Waals surface area contributed by atoms with Gasteiger partial charge in [-0.3, -0.25) is 9.59 Å². The van der Waals surface area contributed by atoms with E-state index in [0.717, 1.165) is 32.7 Å². The van der Waals surface area contributed by atoms with Gasteiger partial charge in [0, 0.05) is 45.1 Å². The number of hydrogen-bond donors (Lipinski definition) is 2. The fraction of sp³-hybridized carbons (Fsp3) is 0.0370. The predicted octanol–water partition coefficient (Wildman–Crippen LogP) is 6.45. The van der Waals surface area contributed by atoms with Crippen LogP contribution in [0.3, 0.4) is 0 Å². The molecule has 2 aromatic heterocycles. The Morgan fingerprint density at radius 3 is 1.45 bits per heavy atom. The van der Waals surface area contributed by atoms with Crippen LogP contribution in [-0.4, -0.2) is 11.8 Å². The fourth-order valence-corrected chi connectivity index (χ4v) is 4.16. The van der Waals surface area contributed by atoms with E-state index in [9.17, 15) is 9.59 Å². The predicted molar refractivity (Wildman–Crippen MR) is 129 cm³/mol. The molecule has 0 atom stereocenters. The highest BCUT2D eigenvalue weighted by Gasteiger charge is 2.13. The van der Waals surface area contributed by atoms with Crippen molar-refractivity contribution < 1.29 is 18.4 Å². The molecular formula is C27H18N2O4. The molecule has 4 aromatic carbocycles. The van der Waals surface area contributed by atoms with Gasteiger partial charge in [-0.25, -0.2) is 0 Å². The molecule has 0 aliphatic heterocycles. The second-order valence-electron chi connectivity index (χ2n) is 7.89. The molecule has 0 spiro atoms. The summed E-state index contributed by atoms with van der Waals surface area (Å²) in [5, 5.41) is 9.52. The second kappa shape index (κ2) is 7.53. The normalized spacial score (nSPS) is 11.4. The maximum atomic E-state index is 12.4. The van der Waals surface area contributed by atoms with Crippen molar-refractivity contribution >= 4 is 67.1 Å². The minimum Gasteiger partial charge on any atom is -0.456 e. The number of para-hydroxylation sites is 2. The molecule has 0 fully saturated rings. The van der Waals surface area contributed by atoms with Crippen molar-refractivity contribution in [3.8, 4) is 0 Å². The molecule has 6 rings (SSSR count). The van der Waals surface area contributed by atoms with Gasteiger partial charge in [0.2, 0.25) is 11.8 Å². The first-order valence-corrected chi connectivity index (χ1v) is 10.6. The smallest absolute Gasteiger partial charge is 0.233 e. The van der Waals surface area contributed by atoms with Crippen LogP contribution < -0.4 is 10.6 Å². The van der Waals surface area contributed by atoms with Crippen molar-refractivity contribution in [1.82, 2.24) is 0 Å². The summed E-state index contributed by atoms with van der Waals surface area (Å²) in [6, 6.07) is 26.5. The van der Waals surface area contributed by atoms with Crippen molar-refractivity contribution in [2.45, 2.75) is 6.42 Å². The molecule has 0 aliphatic carbocycles. The largest absolute Gasteiger partial charge is 0.456 e. The molecule has 6 heteroatoms. The molecule has 0 saturated carbocycles. The summed E-state index contributed by atoms with van der Waals surface area (Å²) in [4.78, 5) is 24.9. The molecule has 2 N–H and O–H groups in total. The molecule has 6 nitrogen and oxygen atoms in total. The number of furan rings is 2. The van der Waals surface area contributed by atoms with Gasteiger partial charge in [-0.2, -0.15) is 0 Å². The van der Waals surface area contributed by atoms with Crippen LogP contribution in [0.5, 0.6) is 0 Å². The van der Waals surface area contributed by atoms with E-state index < -0.39 is 11.8 Å². The zero-order chi connectivity index (χ0) is 22.4.